The molecule has 0 saturated heterocycles. The molecular formula is C17H14ClN3OS. The molecular weight excluding hydrogens is 330 g/mol. The van der Waals surface area contributed by atoms with E-state index in [2.05, 4.69) is 10.3 Å². The van der Waals surface area contributed by atoms with Gasteiger partial charge in [-0.1, -0.05) is 23.7 Å². The summed E-state index contributed by atoms with van der Waals surface area (Å²) in [6.45, 7) is 1.88. The number of nitrogens with one attached hydrogen (secondary N) is 1. The Labute approximate surface area is 142 Å². The number of hydrogen-bond donors (Lipinski definition) is 2. The van der Waals surface area contributed by atoms with Crippen LogP contribution in [-0.2, 0) is 0 Å². The van der Waals surface area contributed by atoms with Gasteiger partial charge in [0.15, 0.2) is 0 Å². The molecule has 0 fully saturated rings. The molecule has 4 nitrogen and oxygen atoms in total. The van der Waals surface area contributed by atoms with Crippen LogP contribution in [0.25, 0.3) is 11.1 Å². The van der Waals surface area contributed by atoms with Crippen LogP contribution in [-0.4, -0.2) is 10.9 Å². The minimum atomic E-state index is -0.330. The lowest BCUT2D eigenvalue weighted by atomic mass is 10.1. The average molecular weight is 344 g/mol. The number of amides is 1. The van der Waals surface area contributed by atoms with E-state index in [9.17, 15) is 4.79 Å². The van der Waals surface area contributed by atoms with Gasteiger partial charge in [0.2, 0.25) is 0 Å². The summed E-state index contributed by atoms with van der Waals surface area (Å²) in [5.41, 5.74) is 9.52. The number of aromatic nitrogens is 1. The second-order valence-electron chi connectivity index (χ2n) is 5.05. The van der Waals surface area contributed by atoms with E-state index in [1.807, 2.05) is 35.9 Å². The Bertz CT molecular complexity index is 842. The Morgan fingerprint density at radius 1 is 1.30 bits per heavy atom. The van der Waals surface area contributed by atoms with Gasteiger partial charge in [0.1, 0.15) is 5.82 Å². The van der Waals surface area contributed by atoms with E-state index in [0.717, 1.165) is 16.7 Å². The highest BCUT2D eigenvalue weighted by Gasteiger charge is 2.15. The minimum Gasteiger partial charge on any atom is -0.383 e. The number of rotatable bonds is 3. The van der Waals surface area contributed by atoms with Crippen molar-refractivity contribution >= 4 is 40.4 Å². The fraction of sp³-hybridized carbons (Fsp3) is 0.0588. The maximum absolute atomic E-state index is 12.6. The Morgan fingerprint density at radius 3 is 2.83 bits per heavy atom. The zero-order valence-electron chi connectivity index (χ0n) is 12.3. The van der Waals surface area contributed by atoms with Gasteiger partial charge in [-0.15, -0.1) is 0 Å². The Balaban J connectivity index is 1.95. The number of nitrogen functional groups attached to an aromatic ring is 1. The van der Waals surface area contributed by atoms with Gasteiger partial charge >= 0.3 is 0 Å². The number of halogens is 1. The molecule has 23 heavy (non-hydrogen) atoms. The molecule has 3 aromatic rings. The van der Waals surface area contributed by atoms with Crippen LogP contribution in [0.2, 0.25) is 5.02 Å². The van der Waals surface area contributed by atoms with Gasteiger partial charge in [-0.25, -0.2) is 4.98 Å². The van der Waals surface area contributed by atoms with E-state index < -0.39 is 0 Å². The smallest absolute Gasteiger partial charge is 0.259 e. The lowest BCUT2D eigenvalue weighted by molar-refractivity contribution is 0.102. The summed E-state index contributed by atoms with van der Waals surface area (Å²) in [5, 5.41) is 7.27. The van der Waals surface area contributed by atoms with Gasteiger partial charge in [0.25, 0.3) is 5.91 Å². The Morgan fingerprint density at radius 2 is 2.13 bits per heavy atom. The molecule has 0 radical (unpaired) electrons. The number of carbonyl (C=O) groups excluding carboxylic acids is 1. The number of thiophene rings is 1. The number of aryl methyl sites for hydroxylation is 1. The monoisotopic (exact) mass is 343 g/mol. The molecule has 2 aromatic heterocycles. The standard InChI is InChI=1S/C17H14ClN3OS/c1-10-3-2-4-14(18)15(10)21-17(22)13-7-12(8-20-16(13)19)11-5-6-23-9-11/h2-9H,1H3,(H2,19,20)(H,21,22). The number of nitrogens with two attached hydrogens (primary N) is 1. The van der Waals surface area contributed by atoms with Crippen molar-refractivity contribution in [2.75, 3.05) is 11.1 Å². The van der Waals surface area contributed by atoms with Crippen LogP contribution in [0.1, 0.15) is 15.9 Å². The van der Waals surface area contributed by atoms with E-state index in [0.29, 0.717) is 16.3 Å². The molecule has 6 heteroatoms. The molecule has 0 unspecified atom stereocenters. The number of pyridine rings is 1. The molecule has 0 aliphatic rings. The van der Waals surface area contributed by atoms with Crippen molar-refractivity contribution in [3.05, 3.63) is 63.4 Å². The van der Waals surface area contributed by atoms with Gasteiger partial charge in [-0.3, -0.25) is 4.79 Å². The van der Waals surface area contributed by atoms with Gasteiger partial charge in [0, 0.05) is 11.8 Å². The second kappa shape index (κ2) is 6.40. The molecule has 2 heterocycles. The third-order valence-electron chi connectivity index (χ3n) is 3.48. The largest absolute Gasteiger partial charge is 0.383 e. The average Bonchev–Trinajstić information content (AvgIpc) is 3.06. The number of anilines is 2. The third-order valence-corrected chi connectivity index (χ3v) is 4.48. The molecule has 3 rings (SSSR count). The SMILES string of the molecule is Cc1cccc(Cl)c1NC(=O)c1cc(-c2ccsc2)cnc1N. The predicted octanol–water partition coefficient (Wildman–Crippen LogP) is 4.61. The van der Waals surface area contributed by atoms with Gasteiger partial charge < -0.3 is 11.1 Å². The maximum atomic E-state index is 12.6. The quantitative estimate of drug-likeness (QED) is 0.729. The maximum Gasteiger partial charge on any atom is 0.259 e. The molecule has 0 bridgehead atoms. The van der Waals surface area contributed by atoms with Crippen LogP contribution in [0.15, 0.2) is 47.3 Å². The van der Waals surface area contributed by atoms with Gasteiger partial charge in [0.05, 0.1) is 16.3 Å². The Hall–Kier alpha value is -2.37. The molecule has 1 aromatic carbocycles. The van der Waals surface area contributed by atoms with Crippen molar-refractivity contribution in [3.63, 3.8) is 0 Å². The zero-order chi connectivity index (χ0) is 16.4. The van der Waals surface area contributed by atoms with Crippen molar-refractivity contribution in [2.24, 2.45) is 0 Å². The van der Waals surface area contributed by atoms with Crippen LogP contribution in [0.4, 0.5) is 11.5 Å². The first-order valence-corrected chi connectivity index (χ1v) is 8.23. The first-order chi connectivity index (χ1) is 11.1. The van der Waals surface area contributed by atoms with Crippen LogP contribution in [0, 0.1) is 6.92 Å². The first kappa shape index (κ1) is 15.5. The van der Waals surface area contributed by atoms with Crippen molar-refractivity contribution < 1.29 is 4.79 Å². The summed E-state index contributed by atoms with van der Waals surface area (Å²) < 4.78 is 0. The Kier molecular flexibility index (Phi) is 4.32. The van der Waals surface area contributed by atoms with E-state index in [1.165, 1.54) is 0 Å². The van der Waals surface area contributed by atoms with Gasteiger partial charge in [-0.05, 0) is 47.0 Å². The fourth-order valence-electron chi connectivity index (χ4n) is 2.21. The molecule has 0 spiro atoms. The normalized spacial score (nSPS) is 10.5. The summed E-state index contributed by atoms with van der Waals surface area (Å²) in [7, 11) is 0. The van der Waals surface area contributed by atoms with E-state index in [1.54, 1.807) is 29.7 Å². The van der Waals surface area contributed by atoms with E-state index in [-0.39, 0.29) is 11.7 Å². The third kappa shape index (κ3) is 3.21. The number of benzene rings is 1. The number of hydrogen-bond acceptors (Lipinski definition) is 4. The van der Waals surface area contributed by atoms with Crippen LogP contribution < -0.4 is 11.1 Å². The summed E-state index contributed by atoms with van der Waals surface area (Å²) in [6, 6.07) is 9.16. The van der Waals surface area contributed by atoms with Crippen molar-refractivity contribution in [2.45, 2.75) is 6.92 Å². The van der Waals surface area contributed by atoms with Crippen molar-refractivity contribution in [1.82, 2.24) is 4.98 Å². The molecule has 0 aliphatic carbocycles. The first-order valence-electron chi connectivity index (χ1n) is 6.91. The highest BCUT2D eigenvalue weighted by Crippen LogP contribution is 2.28. The lowest BCUT2D eigenvalue weighted by Gasteiger charge is -2.12. The summed E-state index contributed by atoms with van der Waals surface area (Å²) in [6.07, 6.45) is 1.66. The summed E-state index contributed by atoms with van der Waals surface area (Å²) >= 11 is 7.74. The minimum absolute atomic E-state index is 0.186. The highest BCUT2D eigenvalue weighted by atomic mass is 35.5. The topological polar surface area (TPSA) is 68.0 Å². The molecule has 0 atom stereocenters. The second-order valence-corrected chi connectivity index (χ2v) is 6.24. The zero-order valence-corrected chi connectivity index (χ0v) is 13.9. The molecule has 3 N–H and O–H groups in total. The fourth-order valence-corrected chi connectivity index (χ4v) is 3.15. The lowest BCUT2D eigenvalue weighted by Crippen LogP contribution is -2.16. The van der Waals surface area contributed by atoms with Gasteiger partial charge in [-0.2, -0.15) is 11.3 Å². The molecule has 116 valence electrons. The molecule has 0 aliphatic heterocycles. The molecule has 1 amide bonds. The highest BCUT2D eigenvalue weighted by molar-refractivity contribution is 7.08. The number of carbonyl (C=O) groups is 1. The molecule has 0 saturated carbocycles. The van der Waals surface area contributed by atoms with E-state index >= 15 is 0 Å². The van der Waals surface area contributed by atoms with Crippen LogP contribution in [0.5, 0.6) is 0 Å². The number of para-hydroxylation sites is 1. The van der Waals surface area contributed by atoms with E-state index in [4.69, 9.17) is 17.3 Å². The summed E-state index contributed by atoms with van der Waals surface area (Å²) in [4.78, 5) is 16.7. The van der Waals surface area contributed by atoms with Crippen LogP contribution >= 0.6 is 22.9 Å². The van der Waals surface area contributed by atoms with Crippen molar-refractivity contribution in [3.8, 4) is 11.1 Å². The predicted molar refractivity (Wildman–Crippen MR) is 96.1 cm³/mol. The number of nitrogens with zero attached hydrogens (tertiary/aromatic N) is 1. The van der Waals surface area contributed by atoms with Crippen molar-refractivity contribution in [1.29, 1.82) is 0 Å². The summed E-state index contributed by atoms with van der Waals surface area (Å²) in [5.74, 6) is -0.144. The van der Waals surface area contributed by atoms with Crippen LogP contribution in [0.3, 0.4) is 0 Å².